The van der Waals surface area contributed by atoms with E-state index in [0.717, 1.165) is 18.8 Å². The Labute approximate surface area is 91.7 Å². The molecule has 1 aliphatic rings. The van der Waals surface area contributed by atoms with Gasteiger partial charge in [-0.25, -0.2) is 0 Å². The highest BCUT2D eigenvalue weighted by molar-refractivity contribution is 5.90. The zero-order valence-electron chi connectivity index (χ0n) is 9.04. The second-order valence-electron chi connectivity index (χ2n) is 4.35. The summed E-state index contributed by atoms with van der Waals surface area (Å²) in [4.78, 5) is 5.34. The van der Waals surface area contributed by atoms with Crippen LogP contribution in [0.1, 0.15) is 20.8 Å². The highest BCUT2D eigenvalue weighted by Gasteiger charge is 2.22. The van der Waals surface area contributed by atoms with Gasteiger partial charge in [0.05, 0.1) is 5.71 Å². The summed E-state index contributed by atoms with van der Waals surface area (Å²) in [7, 11) is 0. The lowest BCUT2D eigenvalue weighted by Crippen LogP contribution is -2.24. The van der Waals surface area contributed by atoms with Crippen LogP contribution < -0.4 is 11.1 Å². The van der Waals surface area contributed by atoms with Crippen LogP contribution in [-0.4, -0.2) is 30.9 Å². The molecule has 1 unspecified atom stereocenters. The molecule has 1 saturated heterocycles. The van der Waals surface area contributed by atoms with Gasteiger partial charge in [-0.15, -0.1) is 12.4 Å². The van der Waals surface area contributed by atoms with Gasteiger partial charge in [-0.2, -0.15) is 0 Å². The summed E-state index contributed by atoms with van der Waals surface area (Å²) >= 11 is 0. The molecular weight excluding hydrogens is 202 g/mol. The topological polar surface area (TPSA) is 59.6 Å². The maximum absolute atomic E-state index is 5.59. The Morgan fingerprint density at radius 2 is 2.21 bits per heavy atom. The van der Waals surface area contributed by atoms with Crippen molar-refractivity contribution in [1.29, 1.82) is 0 Å². The van der Waals surface area contributed by atoms with E-state index < -0.39 is 0 Å². The molecule has 0 bridgehead atoms. The van der Waals surface area contributed by atoms with Crippen LogP contribution in [0.5, 0.6) is 0 Å². The molecule has 1 rings (SSSR count). The zero-order valence-corrected chi connectivity index (χ0v) is 9.86. The van der Waals surface area contributed by atoms with Gasteiger partial charge >= 0.3 is 0 Å². The van der Waals surface area contributed by atoms with E-state index in [-0.39, 0.29) is 18.0 Å². The number of nitrogens with two attached hydrogens (primary N) is 1. The van der Waals surface area contributed by atoms with Crippen LogP contribution in [0, 0.1) is 5.92 Å². The molecule has 1 heterocycles. The lowest BCUT2D eigenvalue weighted by Gasteiger charge is -2.17. The Bertz CT molecular complexity index is 201. The van der Waals surface area contributed by atoms with E-state index in [2.05, 4.69) is 10.5 Å². The van der Waals surface area contributed by atoms with Crippen LogP contribution in [-0.2, 0) is 4.84 Å². The molecule has 0 aromatic rings. The first-order valence-corrected chi connectivity index (χ1v) is 4.68. The Morgan fingerprint density at radius 3 is 2.71 bits per heavy atom. The minimum atomic E-state index is -0.214. The van der Waals surface area contributed by atoms with Gasteiger partial charge in [0.1, 0.15) is 5.60 Å². The van der Waals surface area contributed by atoms with E-state index in [0.29, 0.717) is 12.5 Å². The third kappa shape index (κ3) is 4.26. The molecule has 0 aliphatic carbocycles. The summed E-state index contributed by atoms with van der Waals surface area (Å²) in [5.41, 5.74) is 6.41. The van der Waals surface area contributed by atoms with Gasteiger partial charge in [0.15, 0.2) is 0 Å². The highest BCUT2D eigenvalue weighted by atomic mass is 35.5. The second-order valence-corrected chi connectivity index (χ2v) is 4.35. The number of halogens is 1. The van der Waals surface area contributed by atoms with E-state index in [9.17, 15) is 0 Å². The van der Waals surface area contributed by atoms with Crippen molar-refractivity contribution in [1.82, 2.24) is 5.32 Å². The SMILES string of the molecule is CC(C)(C)ON=C1CNCC1CN.Cl. The summed E-state index contributed by atoms with van der Waals surface area (Å²) in [5, 5.41) is 7.34. The van der Waals surface area contributed by atoms with Crippen molar-refractivity contribution in [2.75, 3.05) is 19.6 Å². The quantitative estimate of drug-likeness (QED) is 0.677. The molecule has 4 nitrogen and oxygen atoms in total. The molecule has 84 valence electrons. The predicted octanol–water partition coefficient (Wildman–Crippen LogP) is 0.757. The van der Waals surface area contributed by atoms with Crippen LogP contribution in [0.2, 0.25) is 0 Å². The first-order chi connectivity index (χ1) is 6.03. The monoisotopic (exact) mass is 221 g/mol. The van der Waals surface area contributed by atoms with Crippen molar-refractivity contribution in [2.24, 2.45) is 16.8 Å². The molecule has 1 fully saturated rings. The number of hydrogen-bond donors (Lipinski definition) is 2. The van der Waals surface area contributed by atoms with Gasteiger partial charge in [0, 0.05) is 25.6 Å². The Morgan fingerprint density at radius 1 is 1.57 bits per heavy atom. The van der Waals surface area contributed by atoms with Crippen molar-refractivity contribution < 1.29 is 4.84 Å². The van der Waals surface area contributed by atoms with Crippen molar-refractivity contribution >= 4 is 18.1 Å². The molecule has 0 radical (unpaired) electrons. The smallest absolute Gasteiger partial charge is 0.129 e. The number of nitrogens with one attached hydrogen (secondary N) is 1. The number of rotatable bonds is 2. The minimum Gasteiger partial charge on any atom is -0.390 e. The van der Waals surface area contributed by atoms with Crippen molar-refractivity contribution in [2.45, 2.75) is 26.4 Å². The third-order valence-corrected chi connectivity index (χ3v) is 1.89. The maximum atomic E-state index is 5.59. The molecule has 5 heteroatoms. The fraction of sp³-hybridized carbons (Fsp3) is 0.889. The van der Waals surface area contributed by atoms with Gasteiger partial charge in [-0.05, 0) is 20.8 Å². The van der Waals surface area contributed by atoms with E-state index in [4.69, 9.17) is 10.6 Å². The van der Waals surface area contributed by atoms with Crippen molar-refractivity contribution in [3.63, 3.8) is 0 Å². The predicted molar refractivity (Wildman–Crippen MR) is 60.9 cm³/mol. The lowest BCUT2D eigenvalue weighted by molar-refractivity contribution is 0.000170. The van der Waals surface area contributed by atoms with Crippen molar-refractivity contribution in [3.05, 3.63) is 0 Å². The van der Waals surface area contributed by atoms with E-state index in [1.807, 2.05) is 20.8 Å². The zero-order chi connectivity index (χ0) is 9.90. The fourth-order valence-electron chi connectivity index (χ4n) is 1.16. The van der Waals surface area contributed by atoms with Crippen LogP contribution in [0.4, 0.5) is 0 Å². The Kier molecular flexibility index (Phi) is 5.41. The fourth-order valence-corrected chi connectivity index (χ4v) is 1.16. The van der Waals surface area contributed by atoms with Gasteiger partial charge < -0.3 is 15.9 Å². The number of oxime groups is 1. The molecule has 14 heavy (non-hydrogen) atoms. The molecule has 3 N–H and O–H groups in total. The summed E-state index contributed by atoms with van der Waals surface area (Å²) in [6.07, 6.45) is 0. The van der Waals surface area contributed by atoms with Gasteiger partial charge in [0.25, 0.3) is 0 Å². The van der Waals surface area contributed by atoms with E-state index in [1.165, 1.54) is 0 Å². The average Bonchev–Trinajstić information content (AvgIpc) is 2.46. The minimum absolute atomic E-state index is 0. The number of nitrogens with zero attached hydrogens (tertiary/aromatic N) is 1. The van der Waals surface area contributed by atoms with Crippen LogP contribution in [0.3, 0.4) is 0 Å². The molecule has 0 amide bonds. The molecule has 0 aromatic carbocycles. The molecular formula is C9H20ClN3O. The Hall–Kier alpha value is -0.320. The van der Waals surface area contributed by atoms with E-state index in [1.54, 1.807) is 0 Å². The first-order valence-electron chi connectivity index (χ1n) is 4.68. The maximum Gasteiger partial charge on any atom is 0.129 e. The average molecular weight is 222 g/mol. The molecule has 0 saturated carbocycles. The van der Waals surface area contributed by atoms with Gasteiger partial charge in [-0.3, -0.25) is 0 Å². The van der Waals surface area contributed by atoms with Gasteiger partial charge in [-0.1, -0.05) is 5.16 Å². The van der Waals surface area contributed by atoms with Gasteiger partial charge in [0.2, 0.25) is 0 Å². The van der Waals surface area contributed by atoms with Crippen LogP contribution in [0.15, 0.2) is 5.16 Å². The summed E-state index contributed by atoms with van der Waals surface area (Å²) in [5.74, 6) is 0.349. The highest BCUT2D eigenvalue weighted by Crippen LogP contribution is 2.10. The molecule has 1 atom stereocenters. The third-order valence-electron chi connectivity index (χ3n) is 1.89. The largest absolute Gasteiger partial charge is 0.390 e. The van der Waals surface area contributed by atoms with Crippen LogP contribution >= 0.6 is 12.4 Å². The number of hydrogen-bond acceptors (Lipinski definition) is 4. The van der Waals surface area contributed by atoms with Crippen LogP contribution in [0.25, 0.3) is 0 Å². The molecule has 0 aromatic heterocycles. The molecule has 0 spiro atoms. The summed E-state index contributed by atoms with van der Waals surface area (Å²) in [6.45, 7) is 8.31. The lowest BCUT2D eigenvalue weighted by atomic mass is 10.1. The van der Waals surface area contributed by atoms with E-state index >= 15 is 0 Å². The van der Waals surface area contributed by atoms with Crippen molar-refractivity contribution in [3.8, 4) is 0 Å². The standard InChI is InChI=1S/C9H19N3O.ClH/c1-9(2,3)13-12-8-6-11-5-7(8)4-10;/h7,11H,4-6,10H2,1-3H3;1H. The second kappa shape index (κ2) is 5.53. The Balaban J connectivity index is 0.00000169. The first kappa shape index (κ1) is 13.7. The normalized spacial score (nSPS) is 24.9. The summed E-state index contributed by atoms with van der Waals surface area (Å²) in [6, 6.07) is 0. The molecule has 1 aliphatic heterocycles. The summed E-state index contributed by atoms with van der Waals surface area (Å²) < 4.78 is 0.